The van der Waals surface area contributed by atoms with Gasteiger partial charge in [0.05, 0.1) is 5.39 Å². The van der Waals surface area contributed by atoms with Gasteiger partial charge in [-0.2, -0.15) is 5.10 Å². The van der Waals surface area contributed by atoms with Crippen LogP contribution in [0, 0.1) is 0 Å². The highest BCUT2D eigenvalue weighted by Gasteiger charge is 2.25. The summed E-state index contributed by atoms with van der Waals surface area (Å²) in [5.74, 6) is 1.02. The van der Waals surface area contributed by atoms with Crippen molar-refractivity contribution in [2.45, 2.75) is 13.3 Å². The fourth-order valence-corrected chi connectivity index (χ4v) is 4.12. The number of amides is 1. The van der Waals surface area contributed by atoms with Gasteiger partial charge in [0, 0.05) is 44.3 Å². The van der Waals surface area contributed by atoms with E-state index in [2.05, 4.69) is 33.0 Å². The van der Waals surface area contributed by atoms with Crippen LogP contribution >= 0.6 is 11.3 Å². The van der Waals surface area contributed by atoms with Gasteiger partial charge in [0.2, 0.25) is 0 Å². The van der Waals surface area contributed by atoms with Crippen LogP contribution in [-0.4, -0.2) is 56.7 Å². The lowest BCUT2D eigenvalue weighted by atomic mass is 10.2. The molecule has 1 aliphatic heterocycles. The summed E-state index contributed by atoms with van der Waals surface area (Å²) in [6.07, 6.45) is 4.30. The van der Waals surface area contributed by atoms with E-state index in [1.165, 1.54) is 4.88 Å². The number of aryl methyl sites for hydroxylation is 2. The lowest BCUT2D eigenvalue weighted by Gasteiger charge is -2.35. The normalized spacial score (nSPS) is 15.1. The van der Waals surface area contributed by atoms with Crippen molar-refractivity contribution in [3.05, 3.63) is 35.2 Å². The van der Waals surface area contributed by atoms with Gasteiger partial charge in [-0.1, -0.05) is 6.92 Å². The Labute approximate surface area is 149 Å². The van der Waals surface area contributed by atoms with Gasteiger partial charge in [0.25, 0.3) is 5.91 Å². The van der Waals surface area contributed by atoms with E-state index in [4.69, 9.17) is 0 Å². The van der Waals surface area contributed by atoms with Gasteiger partial charge in [-0.15, -0.1) is 11.3 Å². The van der Waals surface area contributed by atoms with E-state index in [1.54, 1.807) is 41.7 Å². The molecule has 0 N–H and O–H groups in total. The van der Waals surface area contributed by atoms with Crippen molar-refractivity contribution < 1.29 is 4.79 Å². The average molecular weight is 356 g/mol. The Kier molecular flexibility index (Phi) is 4.12. The maximum absolute atomic E-state index is 12.6. The summed E-state index contributed by atoms with van der Waals surface area (Å²) in [4.78, 5) is 28.0. The standard InChI is InChI=1S/C17H20N6OS/c1-3-12-10-13-15(18-11-19-16(13)25-12)22-6-8-23(9-7-22)17(24)14-4-5-20-21(14)2/h4-5,10-11H,3,6-9H2,1-2H3. The SMILES string of the molecule is CCc1cc2c(N3CCN(C(=O)c4ccnn4C)CC3)ncnc2s1. The number of rotatable bonds is 3. The van der Waals surface area contributed by atoms with E-state index in [0.29, 0.717) is 18.8 Å². The topological polar surface area (TPSA) is 67.2 Å². The van der Waals surface area contributed by atoms with Crippen LogP contribution in [-0.2, 0) is 13.5 Å². The third-order valence-corrected chi connectivity index (χ3v) is 5.80. The molecule has 0 spiro atoms. The second-order valence-corrected chi connectivity index (χ2v) is 7.22. The van der Waals surface area contributed by atoms with Gasteiger partial charge < -0.3 is 9.80 Å². The van der Waals surface area contributed by atoms with Crippen LogP contribution in [0.25, 0.3) is 10.2 Å². The summed E-state index contributed by atoms with van der Waals surface area (Å²) >= 11 is 1.73. The molecule has 0 unspecified atom stereocenters. The largest absolute Gasteiger partial charge is 0.352 e. The third-order valence-electron chi connectivity index (χ3n) is 4.61. The number of carbonyl (C=O) groups is 1. The lowest BCUT2D eigenvalue weighted by Crippen LogP contribution is -2.49. The number of hydrogen-bond acceptors (Lipinski definition) is 6. The van der Waals surface area contributed by atoms with Crippen molar-refractivity contribution in [3.8, 4) is 0 Å². The Balaban J connectivity index is 1.52. The molecule has 7 nitrogen and oxygen atoms in total. The van der Waals surface area contributed by atoms with E-state index in [9.17, 15) is 4.79 Å². The zero-order valence-electron chi connectivity index (χ0n) is 14.3. The Morgan fingerprint density at radius 3 is 2.72 bits per heavy atom. The number of thiophene rings is 1. The number of hydrogen-bond donors (Lipinski definition) is 0. The number of aromatic nitrogens is 4. The first-order valence-corrected chi connectivity index (χ1v) is 9.24. The molecule has 0 bridgehead atoms. The molecule has 4 rings (SSSR count). The van der Waals surface area contributed by atoms with Crippen molar-refractivity contribution in [1.82, 2.24) is 24.6 Å². The van der Waals surface area contributed by atoms with E-state index in [-0.39, 0.29) is 5.91 Å². The molecule has 0 aromatic carbocycles. The molecule has 3 aromatic rings. The smallest absolute Gasteiger partial charge is 0.272 e. The Bertz CT molecular complexity index is 909. The minimum atomic E-state index is 0.0382. The molecule has 0 atom stereocenters. The summed E-state index contributed by atoms with van der Waals surface area (Å²) in [5.41, 5.74) is 0.628. The maximum Gasteiger partial charge on any atom is 0.272 e. The Hall–Kier alpha value is -2.48. The molecule has 1 aliphatic rings. The van der Waals surface area contributed by atoms with Gasteiger partial charge in [-0.05, 0) is 18.6 Å². The highest BCUT2D eigenvalue weighted by Crippen LogP contribution is 2.31. The molecule has 8 heteroatoms. The summed E-state index contributed by atoms with van der Waals surface area (Å²) in [7, 11) is 1.79. The molecular weight excluding hydrogens is 336 g/mol. The molecule has 0 radical (unpaired) electrons. The van der Waals surface area contributed by atoms with E-state index in [0.717, 1.165) is 35.5 Å². The van der Waals surface area contributed by atoms with Crippen LogP contribution in [0.4, 0.5) is 5.82 Å². The van der Waals surface area contributed by atoms with Crippen LogP contribution < -0.4 is 4.90 Å². The summed E-state index contributed by atoms with van der Waals surface area (Å²) < 4.78 is 1.63. The van der Waals surface area contributed by atoms with E-state index in [1.807, 2.05) is 4.90 Å². The first kappa shape index (κ1) is 16.0. The number of fused-ring (bicyclic) bond motifs is 1. The molecule has 1 saturated heterocycles. The fraction of sp³-hybridized carbons (Fsp3) is 0.412. The maximum atomic E-state index is 12.6. The molecule has 4 heterocycles. The predicted molar refractivity (Wildman–Crippen MR) is 98.1 cm³/mol. The van der Waals surface area contributed by atoms with Crippen molar-refractivity contribution in [1.29, 1.82) is 0 Å². The molecule has 0 saturated carbocycles. The molecule has 1 fully saturated rings. The Morgan fingerprint density at radius 2 is 2.04 bits per heavy atom. The van der Waals surface area contributed by atoms with Crippen molar-refractivity contribution in [2.24, 2.45) is 7.05 Å². The van der Waals surface area contributed by atoms with E-state index >= 15 is 0 Å². The number of piperazine rings is 1. The van der Waals surface area contributed by atoms with Crippen molar-refractivity contribution >= 4 is 33.3 Å². The summed E-state index contributed by atoms with van der Waals surface area (Å²) in [6, 6.07) is 3.96. The van der Waals surface area contributed by atoms with Crippen LogP contribution in [0.3, 0.4) is 0 Å². The number of anilines is 1. The number of nitrogens with zero attached hydrogens (tertiary/aromatic N) is 6. The highest BCUT2D eigenvalue weighted by molar-refractivity contribution is 7.18. The minimum Gasteiger partial charge on any atom is -0.352 e. The summed E-state index contributed by atoms with van der Waals surface area (Å²) in [6.45, 7) is 5.06. The van der Waals surface area contributed by atoms with Gasteiger partial charge >= 0.3 is 0 Å². The second kappa shape index (κ2) is 6.44. The first-order valence-electron chi connectivity index (χ1n) is 8.43. The van der Waals surface area contributed by atoms with Gasteiger partial charge in [0.15, 0.2) is 0 Å². The molecule has 0 aliphatic carbocycles. The van der Waals surface area contributed by atoms with Gasteiger partial charge in [-0.25, -0.2) is 9.97 Å². The lowest BCUT2D eigenvalue weighted by molar-refractivity contribution is 0.0735. The average Bonchev–Trinajstić information content (AvgIpc) is 3.26. The molecule has 130 valence electrons. The van der Waals surface area contributed by atoms with Crippen LogP contribution in [0.2, 0.25) is 0 Å². The second-order valence-electron chi connectivity index (χ2n) is 6.10. The fourth-order valence-electron chi connectivity index (χ4n) is 3.19. The molecular formula is C17H20N6OS. The van der Waals surface area contributed by atoms with Crippen molar-refractivity contribution in [2.75, 3.05) is 31.1 Å². The minimum absolute atomic E-state index is 0.0382. The molecule has 3 aromatic heterocycles. The van der Waals surface area contributed by atoms with Gasteiger partial charge in [-0.3, -0.25) is 9.48 Å². The first-order chi connectivity index (χ1) is 12.2. The zero-order valence-corrected chi connectivity index (χ0v) is 15.2. The number of carbonyl (C=O) groups excluding carboxylic acids is 1. The van der Waals surface area contributed by atoms with Crippen LogP contribution in [0.1, 0.15) is 22.3 Å². The molecule has 1 amide bonds. The Morgan fingerprint density at radius 1 is 1.24 bits per heavy atom. The van der Waals surface area contributed by atoms with Crippen LogP contribution in [0.15, 0.2) is 24.7 Å². The molecule has 25 heavy (non-hydrogen) atoms. The quantitative estimate of drug-likeness (QED) is 0.718. The summed E-state index contributed by atoms with van der Waals surface area (Å²) in [5, 5.41) is 5.20. The highest BCUT2D eigenvalue weighted by atomic mass is 32.1. The van der Waals surface area contributed by atoms with Gasteiger partial charge in [0.1, 0.15) is 22.7 Å². The predicted octanol–water partition coefficient (Wildman–Crippen LogP) is 1.95. The van der Waals surface area contributed by atoms with E-state index < -0.39 is 0 Å². The third kappa shape index (κ3) is 2.86. The monoisotopic (exact) mass is 356 g/mol. The van der Waals surface area contributed by atoms with Crippen LogP contribution in [0.5, 0.6) is 0 Å². The van der Waals surface area contributed by atoms with Crippen molar-refractivity contribution in [3.63, 3.8) is 0 Å². The zero-order chi connectivity index (χ0) is 17.4.